The minimum Gasteiger partial charge on any atom is -0.497 e. The van der Waals surface area contributed by atoms with E-state index in [2.05, 4.69) is 11.8 Å². The fraction of sp³-hybridized carbons (Fsp3) is 0.227. The van der Waals surface area contributed by atoms with Gasteiger partial charge in [0.25, 0.3) is 0 Å². The average Bonchev–Trinajstić information content (AvgIpc) is 2.74. The summed E-state index contributed by atoms with van der Waals surface area (Å²) < 4.78 is 25.8. The summed E-state index contributed by atoms with van der Waals surface area (Å²) in [5, 5.41) is 0. The highest BCUT2D eigenvalue weighted by molar-refractivity contribution is 5.89. The normalized spacial score (nSPS) is 10.0. The molecule has 0 saturated carbocycles. The van der Waals surface area contributed by atoms with E-state index in [1.165, 1.54) is 0 Å². The van der Waals surface area contributed by atoms with E-state index >= 15 is 0 Å². The molecular weight excluding hydrogens is 360 g/mol. The molecule has 0 unspecified atom stereocenters. The van der Waals surface area contributed by atoms with Crippen LogP contribution in [0.2, 0.25) is 0 Å². The van der Waals surface area contributed by atoms with Crippen LogP contribution >= 0.6 is 0 Å². The standard InChI is InChI=1S/C22H22O6/c1-24-18-10-16(11-19(14-18)25-2)6-5-9-28-22(23)8-7-17-12-20(26-3)15-21(13-17)27-4/h5-6,10-15H,9H2,1-4H3/b6-5+. The molecule has 0 aliphatic carbocycles. The molecule has 0 aliphatic rings. The Balaban J connectivity index is 1.95. The monoisotopic (exact) mass is 382 g/mol. The van der Waals surface area contributed by atoms with Gasteiger partial charge in [-0.2, -0.15) is 0 Å². The van der Waals surface area contributed by atoms with E-state index in [9.17, 15) is 4.79 Å². The Bertz CT molecular complexity index is 860. The molecule has 0 aromatic heterocycles. The summed E-state index contributed by atoms with van der Waals surface area (Å²) in [5.41, 5.74) is 1.45. The summed E-state index contributed by atoms with van der Waals surface area (Å²) in [6.07, 6.45) is 3.51. The van der Waals surface area contributed by atoms with Gasteiger partial charge in [-0.25, -0.2) is 4.79 Å². The molecule has 6 nitrogen and oxygen atoms in total. The minimum absolute atomic E-state index is 0.0917. The zero-order chi connectivity index (χ0) is 20.4. The van der Waals surface area contributed by atoms with Crippen molar-refractivity contribution in [3.05, 3.63) is 53.6 Å². The lowest BCUT2D eigenvalue weighted by atomic mass is 10.2. The van der Waals surface area contributed by atoms with Crippen LogP contribution < -0.4 is 18.9 Å². The molecule has 28 heavy (non-hydrogen) atoms. The number of benzene rings is 2. The Kier molecular flexibility index (Phi) is 7.79. The van der Waals surface area contributed by atoms with E-state index in [1.54, 1.807) is 64.9 Å². The number of ether oxygens (including phenoxy) is 5. The molecule has 0 radical (unpaired) electrons. The first kappa shape index (κ1) is 20.7. The van der Waals surface area contributed by atoms with Crippen molar-refractivity contribution in [3.8, 4) is 34.8 Å². The van der Waals surface area contributed by atoms with Crippen LogP contribution in [0.25, 0.3) is 6.08 Å². The van der Waals surface area contributed by atoms with Crippen molar-refractivity contribution in [3.63, 3.8) is 0 Å². The number of carbonyl (C=O) groups excluding carboxylic acids is 1. The van der Waals surface area contributed by atoms with E-state index in [0.717, 1.165) is 5.56 Å². The Labute approximate surface area is 164 Å². The van der Waals surface area contributed by atoms with Crippen molar-refractivity contribution in [1.82, 2.24) is 0 Å². The number of rotatable bonds is 7. The van der Waals surface area contributed by atoms with Crippen molar-refractivity contribution in [2.24, 2.45) is 0 Å². The van der Waals surface area contributed by atoms with E-state index in [0.29, 0.717) is 28.6 Å². The van der Waals surface area contributed by atoms with Gasteiger partial charge >= 0.3 is 5.97 Å². The quantitative estimate of drug-likeness (QED) is 0.541. The van der Waals surface area contributed by atoms with Crippen LogP contribution in [0, 0.1) is 11.8 Å². The molecule has 2 aromatic rings. The molecule has 0 fully saturated rings. The number of methoxy groups -OCH3 is 4. The van der Waals surface area contributed by atoms with E-state index in [-0.39, 0.29) is 6.61 Å². The lowest BCUT2D eigenvalue weighted by Gasteiger charge is -2.05. The van der Waals surface area contributed by atoms with Crippen LogP contribution in [0.4, 0.5) is 0 Å². The Hall–Kier alpha value is -3.59. The first-order valence-electron chi connectivity index (χ1n) is 8.39. The average molecular weight is 382 g/mol. The molecule has 0 amide bonds. The molecule has 0 bridgehead atoms. The van der Waals surface area contributed by atoms with Crippen molar-refractivity contribution in [1.29, 1.82) is 0 Å². The van der Waals surface area contributed by atoms with Gasteiger partial charge in [0.05, 0.1) is 28.4 Å². The van der Waals surface area contributed by atoms with Gasteiger partial charge in [0.15, 0.2) is 0 Å². The molecule has 0 spiro atoms. The van der Waals surface area contributed by atoms with Crippen LogP contribution in [-0.4, -0.2) is 41.0 Å². The van der Waals surface area contributed by atoms with E-state index in [4.69, 9.17) is 23.7 Å². The number of esters is 1. The predicted octanol–water partition coefficient (Wildman–Crippen LogP) is 3.33. The van der Waals surface area contributed by atoms with Crippen LogP contribution in [0.5, 0.6) is 23.0 Å². The summed E-state index contributed by atoms with van der Waals surface area (Å²) in [6, 6.07) is 10.6. The van der Waals surface area contributed by atoms with Crippen molar-refractivity contribution in [2.75, 3.05) is 35.0 Å². The number of hydrogen-bond donors (Lipinski definition) is 0. The zero-order valence-electron chi connectivity index (χ0n) is 16.3. The third-order valence-electron chi connectivity index (χ3n) is 3.66. The van der Waals surface area contributed by atoms with Gasteiger partial charge in [-0.15, -0.1) is 0 Å². The summed E-state index contributed by atoms with van der Waals surface area (Å²) in [5.74, 6) is 7.09. The highest BCUT2D eigenvalue weighted by Crippen LogP contribution is 2.23. The van der Waals surface area contributed by atoms with Crippen molar-refractivity contribution in [2.45, 2.75) is 0 Å². The largest absolute Gasteiger partial charge is 0.497 e. The van der Waals surface area contributed by atoms with Gasteiger partial charge < -0.3 is 23.7 Å². The third-order valence-corrected chi connectivity index (χ3v) is 3.66. The van der Waals surface area contributed by atoms with E-state index < -0.39 is 5.97 Å². The Morgan fingerprint density at radius 1 is 0.821 bits per heavy atom. The zero-order valence-corrected chi connectivity index (χ0v) is 16.3. The topological polar surface area (TPSA) is 63.2 Å². The second kappa shape index (κ2) is 10.5. The maximum absolute atomic E-state index is 11.8. The van der Waals surface area contributed by atoms with Crippen LogP contribution in [0.1, 0.15) is 11.1 Å². The SMILES string of the molecule is COc1cc(C#CC(=O)OC/C=C/c2cc(OC)cc(OC)c2)cc(OC)c1. The van der Waals surface area contributed by atoms with Gasteiger partial charge in [0.2, 0.25) is 0 Å². The first-order valence-corrected chi connectivity index (χ1v) is 8.39. The summed E-state index contributed by atoms with van der Waals surface area (Å²) >= 11 is 0. The number of carbonyl (C=O) groups is 1. The van der Waals surface area contributed by atoms with Gasteiger partial charge in [-0.1, -0.05) is 12.0 Å². The lowest BCUT2D eigenvalue weighted by Crippen LogP contribution is -2.00. The minimum atomic E-state index is -0.630. The Morgan fingerprint density at radius 2 is 1.32 bits per heavy atom. The maximum Gasteiger partial charge on any atom is 0.385 e. The molecular formula is C22H22O6. The van der Waals surface area contributed by atoms with Crippen molar-refractivity contribution >= 4 is 12.0 Å². The van der Waals surface area contributed by atoms with Crippen LogP contribution in [0.3, 0.4) is 0 Å². The lowest BCUT2D eigenvalue weighted by molar-refractivity contribution is -0.135. The summed E-state index contributed by atoms with van der Waals surface area (Å²) in [4.78, 5) is 11.8. The number of hydrogen-bond acceptors (Lipinski definition) is 6. The summed E-state index contributed by atoms with van der Waals surface area (Å²) in [7, 11) is 6.26. The molecule has 146 valence electrons. The summed E-state index contributed by atoms with van der Waals surface area (Å²) in [6.45, 7) is 0.0917. The molecule has 2 aromatic carbocycles. The molecule has 0 atom stereocenters. The Morgan fingerprint density at radius 3 is 1.82 bits per heavy atom. The van der Waals surface area contributed by atoms with E-state index in [1.807, 2.05) is 12.1 Å². The fourth-order valence-electron chi connectivity index (χ4n) is 2.27. The van der Waals surface area contributed by atoms with Gasteiger partial charge in [-0.05, 0) is 35.9 Å². The predicted molar refractivity (Wildman–Crippen MR) is 106 cm³/mol. The fourth-order valence-corrected chi connectivity index (χ4v) is 2.27. The van der Waals surface area contributed by atoms with Gasteiger partial charge in [0.1, 0.15) is 29.6 Å². The van der Waals surface area contributed by atoms with Crippen LogP contribution in [0.15, 0.2) is 42.5 Å². The molecule has 0 saturated heterocycles. The smallest absolute Gasteiger partial charge is 0.385 e. The highest BCUT2D eigenvalue weighted by atomic mass is 16.5. The maximum atomic E-state index is 11.8. The third kappa shape index (κ3) is 6.29. The van der Waals surface area contributed by atoms with Gasteiger partial charge in [0, 0.05) is 23.6 Å². The first-order chi connectivity index (χ1) is 13.6. The molecule has 0 heterocycles. The molecule has 0 N–H and O–H groups in total. The second-order valence-corrected chi connectivity index (χ2v) is 5.50. The van der Waals surface area contributed by atoms with Crippen molar-refractivity contribution < 1.29 is 28.5 Å². The molecule has 2 rings (SSSR count). The molecule has 6 heteroatoms. The van der Waals surface area contributed by atoms with Gasteiger partial charge in [-0.3, -0.25) is 0 Å². The highest BCUT2D eigenvalue weighted by Gasteiger charge is 2.01. The van der Waals surface area contributed by atoms with Crippen LogP contribution in [-0.2, 0) is 9.53 Å². The second-order valence-electron chi connectivity index (χ2n) is 5.50. The molecule has 0 aliphatic heterocycles.